The molecule has 4 aromatic rings. The summed E-state index contributed by atoms with van der Waals surface area (Å²) in [7, 11) is 0. The number of ketones is 2. The molecule has 0 atom stereocenters. The number of rotatable bonds is 3. The molecular weight excluding hydrogens is 819 g/mol. The molecule has 3 aromatic heterocycles. The first-order valence-corrected chi connectivity index (χ1v) is 16.6. The molecular formula is C34H26ClF9N10O4. The van der Waals surface area contributed by atoms with Crippen molar-refractivity contribution in [2.24, 2.45) is 0 Å². The number of fused-ring (bicyclic) bond motifs is 6. The number of anilines is 6. The van der Waals surface area contributed by atoms with Gasteiger partial charge in [0.2, 0.25) is 12.2 Å². The van der Waals surface area contributed by atoms with Crippen molar-refractivity contribution in [3.8, 4) is 6.07 Å². The van der Waals surface area contributed by atoms with Crippen molar-refractivity contribution in [2.75, 3.05) is 47.0 Å². The maximum Gasteiger partial charge on any atom is 0.458 e. The first kappa shape index (κ1) is 44.1. The molecule has 5 heterocycles. The predicted octanol–water partition coefficient (Wildman–Crippen LogP) is 6.73. The number of Topliss-reactive ketones (excluding diaryl/α,β-unsaturated/α-hetero) is 2. The first-order valence-electron chi connectivity index (χ1n) is 16.2. The van der Waals surface area contributed by atoms with Crippen LogP contribution in [0.3, 0.4) is 0 Å². The number of piperazine rings is 1. The average molecular weight is 845 g/mol. The number of nitriles is 1. The smallest absolute Gasteiger partial charge is 0.353 e. The van der Waals surface area contributed by atoms with Crippen LogP contribution in [0.25, 0.3) is 0 Å². The number of alkyl halides is 9. The van der Waals surface area contributed by atoms with Crippen molar-refractivity contribution < 1.29 is 58.7 Å². The SMILES string of the molecule is N#Cc1ccc(N2CCN(C(=O)Nc3ccc4cc3CCc3cncc(c3)Nc3ncc(Cl)c(n3)N4)CC2)nc1.O=C(C(=O)C(F)(F)F)C(F)(F)F.O=CC(F)(F)F. The lowest BCUT2D eigenvalue weighted by atomic mass is 10.0. The maximum atomic E-state index is 13.3. The molecule has 3 N–H and O–H groups in total. The highest BCUT2D eigenvalue weighted by atomic mass is 35.5. The number of amides is 2. The summed E-state index contributed by atoms with van der Waals surface area (Å²) < 4.78 is 98.2. The Morgan fingerprint density at radius 1 is 0.810 bits per heavy atom. The lowest BCUT2D eigenvalue weighted by Gasteiger charge is -2.35. The largest absolute Gasteiger partial charge is 0.458 e. The van der Waals surface area contributed by atoms with Gasteiger partial charge in [-0.1, -0.05) is 11.6 Å². The van der Waals surface area contributed by atoms with Crippen LogP contribution in [0, 0.1) is 11.3 Å². The number of nitrogens with one attached hydrogen (secondary N) is 3. The van der Waals surface area contributed by atoms with Gasteiger partial charge in [-0.05, 0) is 60.4 Å². The number of hydrogen-bond donors (Lipinski definition) is 3. The number of nitrogens with zero attached hydrogens (tertiary/aromatic N) is 7. The molecule has 0 radical (unpaired) electrons. The number of urea groups is 1. The van der Waals surface area contributed by atoms with E-state index in [2.05, 4.69) is 46.9 Å². The van der Waals surface area contributed by atoms with Crippen molar-refractivity contribution >= 4 is 70.1 Å². The molecule has 6 bridgehead atoms. The maximum absolute atomic E-state index is 13.3. The van der Waals surface area contributed by atoms with Gasteiger partial charge >= 0.3 is 36.1 Å². The molecule has 1 fully saturated rings. The highest BCUT2D eigenvalue weighted by molar-refractivity contribution is 6.41. The fraction of sp³-hybridized carbons (Fsp3) is 0.265. The zero-order chi connectivity index (χ0) is 42.8. The number of aromatic nitrogens is 4. The van der Waals surface area contributed by atoms with Crippen LogP contribution in [-0.4, -0.2) is 93.4 Å². The Kier molecular flexibility index (Phi) is 14.1. The Bertz CT molecular complexity index is 2150. The molecule has 1 aromatic carbocycles. The minimum absolute atomic E-state index is 0.149. The third-order valence-electron chi connectivity index (χ3n) is 7.71. The normalized spacial score (nSPS) is 13.7. The van der Waals surface area contributed by atoms with Crippen molar-refractivity contribution in [3.63, 3.8) is 0 Å². The monoisotopic (exact) mass is 844 g/mol. The fourth-order valence-corrected chi connectivity index (χ4v) is 5.12. The van der Waals surface area contributed by atoms with Crippen molar-refractivity contribution in [1.29, 1.82) is 5.26 Å². The predicted molar refractivity (Wildman–Crippen MR) is 188 cm³/mol. The summed E-state index contributed by atoms with van der Waals surface area (Å²) in [5, 5.41) is 19.0. The van der Waals surface area contributed by atoms with Crippen molar-refractivity contribution in [3.05, 3.63) is 82.9 Å². The van der Waals surface area contributed by atoms with Gasteiger partial charge in [-0.25, -0.2) is 14.8 Å². The number of aryl methyl sites for hydroxylation is 2. The van der Waals surface area contributed by atoms with E-state index in [0.29, 0.717) is 55.0 Å². The van der Waals surface area contributed by atoms with Crippen LogP contribution in [0.1, 0.15) is 16.7 Å². The second-order valence-electron chi connectivity index (χ2n) is 11.8. The van der Waals surface area contributed by atoms with Crippen LogP contribution in [0.15, 0.2) is 61.2 Å². The van der Waals surface area contributed by atoms with E-state index >= 15 is 0 Å². The van der Waals surface area contributed by atoms with E-state index in [0.717, 1.165) is 40.4 Å². The summed E-state index contributed by atoms with van der Waals surface area (Å²) in [6.45, 7) is 2.42. The van der Waals surface area contributed by atoms with Gasteiger partial charge in [-0.3, -0.25) is 19.4 Å². The van der Waals surface area contributed by atoms with Gasteiger partial charge in [0.25, 0.3) is 0 Å². The van der Waals surface area contributed by atoms with E-state index in [1.165, 1.54) is 0 Å². The highest BCUT2D eigenvalue weighted by Crippen LogP contribution is 2.30. The summed E-state index contributed by atoms with van der Waals surface area (Å²) >= 11 is 6.37. The molecule has 0 saturated carbocycles. The number of aldehydes is 1. The zero-order valence-corrected chi connectivity index (χ0v) is 29.9. The molecule has 0 unspecified atom stereocenters. The van der Waals surface area contributed by atoms with Crippen LogP contribution < -0.4 is 20.9 Å². The van der Waals surface area contributed by atoms with Crippen LogP contribution in [0.5, 0.6) is 0 Å². The van der Waals surface area contributed by atoms with Gasteiger partial charge < -0.3 is 25.8 Å². The van der Waals surface area contributed by atoms with Crippen LogP contribution in [0.2, 0.25) is 5.02 Å². The number of halogens is 10. The summed E-state index contributed by atoms with van der Waals surface area (Å²) in [4.78, 5) is 62.6. The second-order valence-corrected chi connectivity index (χ2v) is 12.2. The lowest BCUT2D eigenvalue weighted by molar-refractivity contribution is -0.193. The molecule has 14 nitrogen and oxygen atoms in total. The number of carbonyl (C=O) groups is 4. The molecule has 2 aliphatic rings. The topological polar surface area (TPSA) is 186 Å². The summed E-state index contributed by atoms with van der Waals surface area (Å²) in [6.07, 6.45) is -9.16. The Morgan fingerprint density at radius 2 is 1.47 bits per heavy atom. The van der Waals surface area contributed by atoms with E-state index in [1.54, 1.807) is 29.6 Å². The molecule has 24 heteroatoms. The molecule has 2 aliphatic heterocycles. The number of carbonyl (C=O) groups excluding carboxylic acids is 4. The van der Waals surface area contributed by atoms with Crippen LogP contribution >= 0.6 is 11.6 Å². The minimum Gasteiger partial charge on any atom is -0.353 e. The highest BCUT2D eigenvalue weighted by Gasteiger charge is 2.54. The molecule has 6 rings (SSSR count). The standard InChI is InChI=1S/C28H25ClN10O.C4F6O2.C2HF3O/c29-23-17-33-27-35-22-11-18(14-31-16-22)1-3-20-12-21(34-26(23)37-27)4-5-24(20)36-28(40)39-9-7-38(8-10-39)25-6-2-19(13-30)15-32-25;5-3(6,7)1(11)2(12)4(8,9)10;3-2(4,5)1-6/h2,4-6,11-12,14-17H,1,3,7-10H2,(H,36,40)(H2,33,34,35,37);;1H. The zero-order valence-electron chi connectivity index (χ0n) is 29.1. The van der Waals surface area contributed by atoms with Crippen molar-refractivity contribution in [2.45, 2.75) is 31.4 Å². The number of benzene rings is 1. The van der Waals surface area contributed by atoms with E-state index in [9.17, 15) is 53.9 Å². The summed E-state index contributed by atoms with van der Waals surface area (Å²) in [6, 6.07) is 13.3. The van der Waals surface area contributed by atoms with Gasteiger partial charge in [0.1, 0.15) is 16.9 Å². The van der Waals surface area contributed by atoms with Gasteiger partial charge in [-0.15, -0.1) is 0 Å². The Labute approximate surface area is 326 Å². The summed E-state index contributed by atoms with van der Waals surface area (Å²) in [5.74, 6) is -5.13. The molecule has 2 amide bonds. The fourth-order valence-electron chi connectivity index (χ4n) is 4.98. The number of hydrogen-bond acceptors (Lipinski definition) is 12. The van der Waals surface area contributed by atoms with Crippen molar-refractivity contribution in [1.82, 2.24) is 24.8 Å². The van der Waals surface area contributed by atoms with Crippen LogP contribution in [-0.2, 0) is 27.2 Å². The van der Waals surface area contributed by atoms with Gasteiger partial charge in [0.05, 0.1) is 23.6 Å². The van der Waals surface area contributed by atoms with E-state index in [-0.39, 0.29) is 6.03 Å². The minimum atomic E-state index is -5.77. The van der Waals surface area contributed by atoms with E-state index in [4.69, 9.17) is 21.7 Å². The van der Waals surface area contributed by atoms with Gasteiger partial charge in [0, 0.05) is 49.9 Å². The van der Waals surface area contributed by atoms with Gasteiger partial charge in [-0.2, -0.15) is 49.8 Å². The molecule has 58 heavy (non-hydrogen) atoms. The van der Waals surface area contributed by atoms with Gasteiger partial charge in [0.15, 0.2) is 5.82 Å². The quantitative estimate of drug-likeness (QED) is 0.112. The second kappa shape index (κ2) is 18.6. The molecule has 306 valence electrons. The molecule has 1 saturated heterocycles. The summed E-state index contributed by atoms with van der Waals surface area (Å²) in [5.41, 5.74) is 4.87. The third-order valence-corrected chi connectivity index (χ3v) is 7.99. The molecule has 0 aliphatic carbocycles. The first-order chi connectivity index (χ1) is 27.2. The van der Waals surface area contributed by atoms with E-state index in [1.807, 2.05) is 36.5 Å². The third kappa shape index (κ3) is 12.7. The van der Waals surface area contributed by atoms with E-state index < -0.39 is 36.4 Å². The lowest BCUT2D eigenvalue weighted by Crippen LogP contribution is -2.50. The van der Waals surface area contributed by atoms with Crippen LogP contribution in [0.4, 0.5) is 79.0 Å². The Morgan fingerprint density at radius 3 is 2.03 bits per heavy atom. The molecule has 0 spiro atoms. The average Bonchev–Trinajstić information content (AvgIpc) is 3.18. The Hall–Kier alpha value is -6.57. The Balaban J connectivity index is 0.000000346. The number of pyridine rings is 2.